The van der Waals surface area contributed by atoms with Crippen LogP contribution in [0.4, 0.5) is 0 Å². The molecule has 0 bridgehead atoms. The third-order valence-corrected chi connectivity index (χ3v) is 5.36. The lowest BCUT2D eigenvalue weighted by atomic mass is 9.83. The van der Waals surface area contributed by atoms with Gasteiger partial charge in [0.05, 0.1) is 6.54 Å². The molecule has 1 fully saturated rings. The third kappa shape index (κ3) is 7.31. The van der Waals surface area contributed by atoms with Crippen molar-refractivity contribution < 1.29 is 4.79 Å². The molecule has 3 N–H and O–H groups in total. The fourth-order valence-corrected chi connectivity index (χ4v) is 3.59. The van der Waals surface area contributed by atoms with Gasteiger partial charge in [-0.3, -0.25) is 4.79 Å². The average Bonchev–Trinajstić information content (AvgIpc) is 3.14. The number of nitrogens with zero attached hydrogens (tertiary/aromatic N) is 1. The predicted molar refractivity (Wildman–Crippen MR) is 124 cm³/mol. The largest absolute Gasteiger partial charge is 0.357 e. The van der Waals surface area contributed by atoms with Crippen molar-refractivity contribution in [2.45, 2.75) is 59.4 Å². The van der Waals surface area contributed by atoms with E-state index >= 15 is 0 Å². The number of aliphatic imine (C=N–C) groups is 1. The van der Waals surface area contributed by atoms with E-state index in [4.69, 9.17) is 4.99 Å². The van der Waals surface area contributed by atoms with E-state index in [1.54, 1.807) is 0 Å². The van der Waals surface area contributed by atoms with Crippen LogP contribution in [0, 0.1) is 5.41 Å². The van der Waals surface area contributed by atoms with Gasteiger partial charge in [-0.2, -0.15) is 0 Å². The van der Waals surface area contributed by atoms with Crippen LogP contribution in [0.3, 0.4) is 0 Å². The summed E-state index contributed by atoms with van der Waals surface area (Å²) >= 11 is 0. The van der Waals surface area contributed by atoms with Crippen molar-refractivity contribution in [3.8, 4) is 0 Å². The number of nitrogens with one attached hydrogen (secondary N) is 3. The summed E-state index contributed by atoms with van der Waals surface area (Å²) in [4.78, 5) is 16.5. The normalized spacial score (nSPS) is 15.7. The van der Waals surface area contributed by atoms with Crippen LogP contribution in [0.1, 0.15) is 68.8 Å². The lowest BCUT2D eigenvalue weighted by molar-refractivity contribution is 0.0956. The first kappa shape index (κ1) is 23.7. The van der Waals surface area contributed by atoms with Crippen molar-refractivity contribution in [1.29, 1.82) is 0 Å². The van der Waals surface area contributed by atoms with Crippen LogP contribution in [0.25, 0.3) is 0 Å². The Morgan fingerprint density at radius 3 is 2.19 bits per heavy atom. The van der Waals surface area contributed by atoms with Gasteiger partial charge in [0.25, 0.3) is 5.91 Å². The predicted octanol–water partition coefficient (Wildman–Crippen LogP) is 4.08. The highest BCUT2D eigenvalue weighted by molar-refractivity contribution is 14.0. The van der Waals surface area contributed by atoms with Gasteiger partial charge in [0.15, 0.2) is 5.96 Å². The van der Waals surface area contributed by atoms with Crippen molar-refractivity contribution in [2.24, 2.45) is 10.4 Å². The van der Waals surface area contributed by atoms with E-state index in [9.17, 15) is 4.79 Å². The van der Waals surface area contributed by atoms with Gasteiger partial charge in [0.2, 0.25) is 0 Å². The molecule has 6 heteroatoms. The number of amides is 1. The average molecular weight is 486 g/mol. The van der Waals surface area contributed by atoms with Gasteiger partial charge in [-0.15, -0.1) is 24.0 Å². The fraction of sp³-hybridized carbons (Fsp3) is 0.619. The second-order valence-electron chi connectivity index (χ2n) is 7.17. The molecule has 2 rings (SSSR count). The Hall–Kier alpha value is -1.31. The highest BCUT2D eigenvalue weighted by atomic mass is 127. The molecule has 0 saturated heterocycles. The fourth-order valence-electron chi connectivity index (χ4n) is 3.59. The third-order valence-electron chi connectivity index (χ3n) is 5.36. The molecule has 0 spiro atoms. The van der Waals surface area contributed by atoms with E-state index in [2.05, 4.69) is 29.8 Å². The molecular formula is C21H35IN4O. The van der Waals surface area contributed by atoms with E-state index in [1.165, 1.54) is 32.1 Å². The summed E-state index contributed by atoms with van der Waals surface area (Å²) < 4.78 is 0. The highest BCUT2D eigenvalue weighted by Gasteiger charge is 2.31. The second-order valence-corrected chi connectivity index (χ2v) is 7.17. The Morgan fingerprint density at radius 2 is 1.63 bits per heavy atom. The van der Waals surface area contributed by atoms with Crippen molar-refractivity contribution in [3.05, 3.63) is 35.4 Å². The van der Waals surface area contributed by atoms with Crippen molar-refractivity contribution in [1.82, 2.24) is 16.0 Å². The van der Waals surface area contributed by atoms with E-state index < -0.39 is 0 Å². The maximum Gasteiger partial charge on any atom is 0.251 e. The molecule has 1 saturated carbocycles. The lowest BCUT2D eigenvalue weighted by Crippen LogP contribution is -2.42. The molecule has 0 atom stereocenters. The molecule has 1 aromatic rings. The monoisotopic (exact) mass is 486 g/mol. The number of guanidine groups is 1. The number of benzene rings is 1. The first-order chi connectivity index (χ1) is 12.6. The van der Waals surface area contributed by atoms with Crippen LogP contribution in [0.5, 0.6) is 0 Å². The zero-order chi connectivity index (χ0) is 18.8. The van der Waals surface area contributed by atoms with Crippen LogP contribution in [0.15, 0.2) is 29.3 Å². The van der Waals surface area contributed by atoms with E-state index in [-0.39, 0.29) is 29.9 Å². The molecule has 1 aliphatic rings. The molecule has 1 aromatic carbocycles. The summed E-state index contributed by atoms with van der Waals surface area (Å²) in [5.41, 5.74) is 2.22. The van der Waals surface area contributed by atoms with Crippen LogP contribution < -0.4 is 16.0 Å². The molecule has 0 radical (unpaired) electrons. The van der Waals surface area contributed by atoms with Crippen LogP contribution in [-0.2, 0) is 6.54 Å². The van der Waals surface area contributed by atoms with Crippen molar-refractivity contribution in [2.75, 3.05) is 19.6 Å². The molecule has 1 aliphatic carbocycles. The molecule has 0 aliphatic heterocycles. The standard InChI is InChI=1S/C21H34N4O.HI/c1-4-21(13-7-8-14-21)16-25-20(23-6-3)24-15-17-9-11-18(12-10-17)19(26)22-5-2;/h9-12H,4-8,13-16H2,1-3H3,(H,22,26)(H2,23,24,25);1H. The quantitative estimate of drug-likeness (QED) is 0.295. The zero-order valence-electron chi connectivity index (χ0n) is 16.9. The molecule has 1 amide bonds. The number of hydrogen-bond acceptors (Lipinski definition) is 2. The zero-order valence-corrected chi connectivity index (χ0v) is 19.3. The summed E-state index contributed by atoms with van der Waals surface area (Å²) in [5, 5.41) is 9.70. The molecular weight excluding hydrogens is 451 g/mol. The van der Waals surface area contributed by atoms with Gasteiger partial charge < -0.3 is 16.0 Å². The van der Waals surface area contributed by atoms with Gasteiger partial charge in [-0.05, 0) is 56.2 Å². The maximum atomic E-state index is 11.8. The molecule has 152 valence electrons. The number of carbonyl (C=O) groups excluding carboxylic acids is 1. The molecule has 5 nitrogen and oxygen atoms in total. The lowest BCUT2D eigenvalue weighted by Gasteiger charge is -2.28. The molecule has 0 heterocycles. The number of halogens is 1. The minimum absolute atomic E-state index is 0. The summed E-state index contributed by atoms with van der Waals surface area (Å²) in [6, 6.07) is 7.67. The summed E-state index contributed by atoms with van der Waals surface area (Å²) in [7, 11) is 0. The number of rotatable bonds is 8. The number of carbonyl (C=O) groups is 1. The van der Waals surface area contributed by atoms with Gasteiger partial charge in [-0.25, -0.2) is 4.99 Å². The SMILES string of the molecule is CCNC(=O)c1ccc(CN=C(NCC)NCC2(CC)CCCC2)cc1.I. The minimum Gasteiger partial charge on any atom is -0.357 e. The van der Waals surface area contributed by atoms with Gasteiger partial charge >= 0.3 is 0 Å². The Labute approximate surface area is 181 Å². The van der Waals surface area contributed by atoms with Crippen LogP contribution >= 0.6 is 24.0 Å². The smallest absolute Gasteiger partial charge is 0.251 e. The van der Waals surface area contributed by atoms with Crippen molar-refractivity contribution >= 4 is 35.8 Å². The molecule has 0 aromatic heterocycles. The van der Waals surface area contributed by atoms with Gasteiger partial charge in [-0.1, -0.05) is 31.9 Å². The maximum absolute atomic E-state index is 11.8. The second kappa shape index (κ2) is 12.2. The Morgan fingerprint density at radius 1 is 1.00 bits per heavy atom. The summed E-state index contributed by atoms with van der Waals surface area (Å²) in [6.07, 6.45) is 6.55. The first-order valence-corrected chi connectivity index (χ1v) is 10.0. The highest BCUT2D eigenvalue weighted by Crippen LogP contribution is 2.40. The topological polar surface area (TPSA) is 65.5 Å². The number of hydrogen-bond donors (Lipinski definition) is 3. The van der Waals surface area contributed by atoms with E-state index in [0.29, 0.717) is 24.1 Å². The Kier molecular flexibility index (Phi) is 10.7. The van der Waals surface area contributed by atoms with Gasteiger partial charge in [0.1, 0.15) is 0 Å². The summed E-state index contributed by atoms with van der Waals surface area (Å²) in [5.74, 6) is 0.846. The van der Waals surface area contributed by atoms with E-state index in [1.807, 2.05) is 31.2 Å². The van der Waals surface area contributed by atoms with Crippen LogP contribution in [0.2, 0.25) is 0 Å². The van der Waals surface area contributed by atoms with E-state index in [0.717, 1.165) is 24.6 Å². The van der Waals surface area contributed by atoms with Crippen molar-refractivity contribution in [3.63, 3.8) is 0 Å². The Balaban J connectivity index is 0.00000364. The minimum atomic E-state index is -0.0287. The first-order valence-electron chi connectivity index (χ1n) is 10.0. The Bertz CT molecular complexity index is 595. The van der Waals surface area contributed by atoms with Crippen LogP contribution in [-0.4, -0.2) is 31.5 Å². The summed E-state index contributed by atoms with van der Waals surface area (Å²) in [6.45, 7) is 9.39. The van der Waals surface area contributed by atoms with Gasteiger partial charge in [0, 0.05) is 25.2 Å². The molecule has 27 heavy (non-hydrogen) atoms. The molecule has 0 unspecified atom stereocenters.